The molecule has 1 atom stereocenters. The van der Waals surface area contributed by atoms with E-state index >= 15 is 0 Å². The number of ether oxygens (including phenoxy) is 2. The Morgan fingerprint density at radius 2 is 0.967 bits per heavy atom. The fourth-order valence-corrected chi connectivity index (χ4v) is 8.11. The van der Waals surface area contributed by atoms with Crippen LogP contribution in [0.1, 0.15) is 215 Å². The first-order valence-corrected chi connectivity index (χ1v) is 26.1. The number of nitrogens with two attached hydrogens (primary N) is 1. The van der Waals surface area contributed by atoms with Gasteiger partial charge in [-0.2, -0.15) is 0 Å². The van der Waals surface area contributed by atoms with Crippen LogP contribution in [0.5, 0.6) is 0 Å². The summed E-state index contributed by atoms with van der Waals surface area (Å²) in [4.78, 5) is 12.1. The maximum absolute atomic E-state index is 12.1. The second-order valence-electron chi connectivity index (χ2n) is 18.2. The molecule has 0 rings (SSSR count). The van der Waals surface area contributed by atoms with Crippen molar-refractivity contribution in [3.63, 3.8) is 0 Å². The van der Waals surface area contributed by atoms with E-state index in [4.69, 9.17) is 24.3 Å². The van der Waals surface area contributed by atoms with Gasteiger partial charge in [-0.05, 0) is 110 Å². The number of phosphoric acid groups is 1. The highest BCUT2D eigenvalue weighted by molar-refractivity contribution is 7.47. The highest BCUT2D eigenvalue weighted by Gasteiger charge is 2.41. The number of likely N-dealkylation sites (N-methyl/N-ethyl adjacent to an activating group) is 1. The van der Waals surface area contributed by atoms with Gasteiger partial charge in [0.25, 0.3) is 0 Å². The van der Waals surface area contributed by atoms with Crippen molar-refractivity contribution in [1.29, 1.82) is 0 Å². The van der Waals surface area contributed by atoms with Gasteiger partial charge in [-0.25, -0.2) is 4.57 Å². The zero-order chi connectivity index (χ0) is 44.7. The topological polar surface area (TPSA) is 103 Å². The normalized spacial score (nSPS) is 14.3. The molecule has 8 nitrogen and oxygen atoms in total. The first-order valence-electron chi connectivity index (χ1n) is 24.6. The van der Waals surface area contributed by atoms with Gasteiger partial charge in [0.05, 0.1) is 19.8 Å². The molecule has 1 unspecified atom stereocenters. The van der Waals surface area contributed by atoms with Crippen molar-refractivity contribution in [1.82, 2.24) is 4.90 Å². The van der Waals surface area contributed by atoms with Crippen LogP contribution in [0.4, 0.5) is 0 Å². The molecular weight excluding hydrogens is 768 g/mol. The van der Waals surface area contributed by atoms with Gasteiger partial charge in [0, 0.05) is 38.6 Å². The van der Waals surface area contributed by atoms with Crippen molar-refractivity contribution in [2.24, 2.45) is 11.1 Å². The summed E-state index contributed by atoms with van der Waals surface area (Å²) in [6.45, 7) is 14.8. The van der Waals surface area contributed by atoms with Gasteiger partial charge in [0.15, 0.2) is 5.79 Å². The number of unbranched alkanes of at least 4 members (excludes halogenated alkanes) is 18. The maximum Gasteiger partial charge on any atom is 0.472 e. The minimum absolute atomic E-state index is 0.0169. The molecule has 0 saturated carbocycles. The third kappa shape index (κ3) is 31.7. The summed E-state index contributed by atoms with van der Waals surface area (Å²) in [5.74, 6) is -0.559. The van der Waals surface area contributed by atoms with E-state index in [2.05, 4.69) is 95.1 Å². The van der Waals surface area contributed by atoms with Crippen molar-refractivity contribution in [2.75, 3.05) is 47.1 Å². The first-order chi connectivity index (χ1) is 28.8. The van der Waals surface area contributed by atoms with Crippen molar-refractivity contribution in [2.45, 2.75) is 226 Å². The van der Waals surface area contributed by atoms with Crippen LogP contribution in [0, 0.1) is 5.41 Å². The largest absolute Gasteiger partial charge is 0.472 e. The zero-order valence-corrected chi connectivity index (χ0v) is 41.6. The molecule has 0 aliphatic carbocycles. The lowest BCUT2D eigenvalue weighted by Gasteiger charge is -2.48. The van der Waals surface area contributed by atoms with Gasteiger partial charge in [0.2, 0.25) is 0 Å². The summed E-state index contributed by atoms with van der Waals surface area (Å²) in [6, 6.07) is 0. The molecule has 0 heterocycles. The summed E-state index contributed by atoms with van der Waals surface area (Å²) in [5.41, 5.74) is 5.04. The Labute approximate surface area is 372 Å². The smallest absolute Gasteiger partial charge is 0.353 e. The van der Waals surface area contributed by atoms with Crippen LogP contribution >= 0.6 is 7.82 Å². The second kappa shape index (κ2) is 38.4. The molecule has 0 spiro atoms. The van der Waals surface area contributed by atoms with E-state index in [9.17, 15) is 9.46 Å². The molecule has 0 amide bonds. The van der Waals surface area contributed by atoms with Crippen molar-refractivity contribution >= 4 is 7.82 Å². The standard InChI is InChI=1S/C51H99N2O6P/c1-9-11-13-15-17-19-21-23-25-27-29-31-33-35-37-39-41-51(56-8,42-40-38-36-34-32-30-28-26-24-22-20-18-16-14-12-10-2)57-46-43-49(3,4)50(5,6)53(7)45-48-59-60(54,55)58-47-44-52/h17-20,23-26H,9-16,21-22,27-48,52H2,1-8H3,(H,54,55)/b19-17-,20-18-,25-23-,26-24-. The quantitative estimate of drug-likeness (QED) is 0.0270. The number of allylic oxidation sites excluding steroid dienone is 8. The molecule has 0 bridgehead atoms. The van der Waals surface area contributed by atoms with Crippen LogP contribution < -0.4 is 5.73 Å². The van der Waals surface area contributed by atoms with Crippen molar-refractivity contribution in [3.8, 4) is 0 Å². The van der Waals surface area contributed by atoms with Gasteiger partial charge in [-0.3, -0.25) is 13.9 Å². The van der Waals surface area contributed by atoms with Gasteiger partial charge in [-0.15, -0.1) is 0 Å². The molecule has 0 aromatic rings. The van der Waals surface area contributed by atoms with E-state index in [0.717, 1.165) is 44.9 Å². The summed E-state index contributed by atoms with van der Waals surface area (Å²) in [5, 5.41) is 0. The van der Waals surface area contributed by atoms with E-state index in [1.54, 1.807) is 0 Å². The Kier molecular flexibility index (Phi) is 37.7. The lowest BCUT2D eigenvalue weighted by atomic mass is 9.71. The number of nitrogens with zero attached hydrogens (tertiary/aromatic N) is 1. The Bertz CT molecular complexity index is 1090. The summed E-state index contributed by atoms with van der Waals surface area (Å²) in [7, 11) is -0.233. The maximum atomic E-state index is 12.1. The third-order valence-electron chi connectivity index (χ3n) is 12.6. The van der Waals surface area contributed by atoms with E-state index < -0.39 is 13.6 Å². The molecule has 0 aromatic heterocycles. The fraction of sp³-hybridized carbons (Fsp3) is 0.843. The lowest BCUT2D eigenvalue weighted by molar-refractivity contribution is -0.236. The summed E-state index contributed by atoms with van der Waals surface area (Å²) >= 11 is 0. The Balaban J connectivity index is 4.96. The lowest BCUT2D eigenvalue weighted by Crippen LogP contribution is -2.53. The third-order valence-corrected chi connectivity index (χ3v) is 13.7. The average molecular weight is 867 g/mol. The highest BCUT2D eigenvalue weighted by atomic mass is 31.2. The number of phosphoric ester groups is 1. The Hall–Kier alpha value is -1.09. The average Bonchev–Trinajstić information content (AvgIpc) is 3.22. The second-order valence-corrected chi connectivity index (χ2v) is 19.6. The number of hydrogen-bond acceptors (Lipinski definition) is 7. The predicted molar refractivity (Wildman–Crippen MR) is 260 cm³/mol. The summed E-state index contributed by atoms with van der Waals surface area (Å²) < 4.78 is 35.3. The van der Waals surface area contributed by atoms with E-state index in [1.807, 2.05) is 14.2 Å². The molecule has 0 fully saturated rings. The SMILES string of the molecule is CCCCC/C=C\C/C=C\CCCCCCCCC(CCCCCCCC/C=C\C/C=C\CCCCC)(OC)OCCC(C)(C)C(C)(C)N(C)CCOP(=O)(O)OCCN. The fourth-order valence-electron chi connectivity index (χ4n) is 7.39. The molecule has 60 heavy (non-hydrogen) atoms. The van der Waals surface area contributed by atoms with E-state index in [0.29, 0.717) is 13.2 Å². The Morgan fingerprint density at radius 1 is 0.567 bits per heavy atom. The number of hydrogen-bond donors (Lipinski definition) is 2. The molecule has 3 N–H and O–H groups in total. The first kappa shape index (κ1) is 58.9. The van der Waals surface area contributed by atoms with Gasteiger partial charge in [0.1, 0.15) is 0 Å². The molecule has 354 valence electrons. The minimum Gasteiger partial charge on any atom is -0.353 e. The van der Waals surface area contributed by atoms with Crippen LogP contribution in [-0.2, 0) is 23.1 Å². The molecule has 0 saturated heterocycles. The Morgan fingerprint density at radius 3 is 1.38 bits per heavy atom. The molecular formula is C51H99N2O6P. The summed E-state index contributed by atoms with van der Waals surface area (Å²) in [6.07, 6.45) is 51.1. The van der Waals surface area contributed by atoms with Crippen LogP contribution in [0.3, 0.4) is 0 Å². The predicted octanol–water partition coefficient (Wildman–Crippen LogP) is 15.0. The van der Waals surface area contributed by atoms with E-state index in [-0.39, 0.29) is 30.7 Å². The monoisotopic (exact) mass is 867 g/mol. The van der Waals surface area contributed by atoms with Crippen LogP contribution in [-0.4, -0.2) is 68.2 Å². The highest BCUT2D eigenvalue weighted by Crippen LogP contribution is 2.43. The van der Waals surface area contributed by atoms with Gasteiger partial charge in [-0.1, -0.05) is 153 Å². The number of rotatable bonds is 44. The molecule has 0 radical (unpaired) electrons. The molecule has 0 aromatic carbocycles. The van der Waals surface area contributed by atoms with Crippen LogP contribution in [0.25, 0.3) is 0 Å². The zero-order valence-electron chi connectivity index (χ0n) is 40.7. The van der Waals surface area contributed by atoms with Crippen LogP contribution in [0.2, 0.25) is 0 Å². The molecule has 0 aliphatic rings. The minimum atomic E-state index is -4.11. The van der Waals surface area contributed by atoms with Gasteiger partial charge < -0.3 is 20.1 Å². The van der Waals surface area contributed by atoms with Crippen molar-refractivity contribution < 1.29 is 28.0 Å². The van der Waals surface area contributed by atoms with Gasteiger partial charge >= 0.3 is 7.82 Å². The number of methoxy groups -OCH3 is 1. The van der Waals surface area contributed by atoms with Crippen LogP contribution in [0.15, 0.2) is 48.6 Å². The molecule has 0 aliphatic heterocycles. The van der Waals surface area contributed by atoms with E-state index in [1.165, 1.54) is 128 Å². The molecule has 9 heteroatoms. The van der Waals surface area contributed by atoms with Crippen molar-refractivity contribution in [3.05, 3.63) is 48.6 Å².